The molecule has 218 valence electrons. The lowest BCUT2D eigenvalue weighted by Crippen LogP contribution is -2.39. The number of carbonyl (C=O) groups is 2. The second-order valence-corrected chi connectivity index (χ2v) is 10.7. The molecule has 2 amide bonds. The number of aromatic nitrogens is 3. The van der Waals surface area contributed by atoms with Gasteiger partial charge in [-0.15, -0.1) is 0 Å². The predicted octanol–water partition coefficient (Wildman–Crippen LogP) is 4.98. The number of pyridine rings is 1. The number of hydrogen-bond donors (Lipinski definition) is 4. The Hall–Kier alpha value is -4.71. The molecule has 2 aromatic carbocycles. The standard InChI is InChI=1S/C30H33FN8O3/c1-38(23-9-6-21(31)7-10-23)30(41)42-28-3-2-14-39(28)29-25(35-27(40)18-32-16-19-4-5-19)12-13-26(36-29)34-22-8-11-24-20(15-22)17-33-37-24/h6-13,15,17,19,28,32H,2-5,14,16,18H2,1H3,(H,33,37)(H,34,36)(H,35,40)/t28-/m0/s1. The van der Waals surface area contributed by atoms with Crippen LogP contribution in [0.15, 0.2) is 60.8 Å². The fraction of sp³-hybridized carbons (Fsp3) is 0.333. The minimum Gasteiger partial charge on any atom is -0.425 e. The molecule has 6 rings (SSSR count). The van der Waals surface area contributed by atoms with E-state index in [9.17, 15) is 14.0 Å². The van der Waals surface area contributed by atoms with Crippen LogP contribution in [-0.2, 0) is 9.53 Å². The Morgan fingerprint density at radius 1 is 1.12 bits per heavy atom. The monoisotopic (exact) mass is 572 g/mol. The Labute approximate surface area is 242 Å². The SMILES string of the molecule is CN(C(=O)O[C@H]1CCCN1c1nc(Nc2ccc3[nH]ncc3c2)ccc1NC(=O)CNCC1CC1)c1ccc(F)cc1. The molecule has 42 heavy (non-hydrogen) atoms. The smallest absolute Gasteiger partial charge is 0.415 e. The number of amides is 2. The van der Waals surface area contributed by atoms with Crippen LogP contribution in [0.4, 0.5) is 37.9 Å². The molecule has 1 saturated heterocycles. The number of benzene rings is 2. The maximum atomic E-state index is 13.4. The highest BCUT2D eigenvalue weighted by Crippen LogP contribution is 2.34. The van der Waals surface area contributed by atoms with E-state index in [1.54, 1.807) is 19.3 Å². The van der Waals surface area contributed by atoms with E-state index in [1.165, 1.54) is 42.0 Å². The quantitative estimate of drug-likeness (QED) is 0.210. The maximum Gasteiger partial charge on any atom is 0.415 e. The molecule has 1 aliphatic carbocycles. The molecule has 1 saturated carbocycles. The Morgan fingerprint density at radius 2 is 1.95 bits per heavy atom. The number of nitrogens with zero attached hydrogens (tertiary/aromatic N) is 4. The van der Waals surface area contributed by atoms with Gasteiger partial charge in [0, 0.05) is 36.8 Å². The first kappa shape index (κ1) is 27.5. The van der Waals surface area contributed by atoms with E-state index in [2.05, 4.69) is 26.1 Å². The van der Waals surface area contributed by atoms with E-state index in [1.807, 2.05) is 29.2 Å². The molecule has 2 aliphatic rings. The molecule has 4 aromatic rings. The first-order valence-corrected chi connectivity index (χ1v) is 14.1. The van der Waals surface area contributed by atoms with Gasteiger partial charge in [0.25, 0.3) is 0 Å². The Bertz CT molecular complexity index is 1570. The fourth-order valence-electron chi connectivity index (χ4n) is 4.98. The van der Waals surface area contributed by atoms with Crippen molar-refractivity contribution in [1.82, 2.24) is 20.5 Å². The van der Waals surface area contributed by atoms with E-state index in [-0.39, 0.29) is 18.3 Å². The average Bonchev–Trinajstić information content (AvgIpc) is 3.49. The van der Waals surface area contributed by atoms with Crippen molar-refractivity contribution in [2.75, 3.05) is 47.1 Å². The van der Waals surface area contributed by atoms with Gasteiger partial charge in [-0.25, -0.2) is 14.2 Å². The van der Waals surface area contributed by atoms with E-state index in [0.717, 1.165) is 29.6 Å². The van der Waals surface area contributed by atoms with E-state index >= 15 is 0 Å². The number of rotatable bonds is 10. The van der Waals surface area contributed by atoms with Crippen molar-refractivity contribution < 1.29 is 18.7 Å². The number of halogens is 1. The number of fused-ring (bicyclic) bond motifs is 1. The first-order valence-electron chi connectivity index (χ1n) is 14.1. The number of anilines is 5. The van der Waals surface area contributed by atoms with Crippen molar-refractivity contribution in [1.29, 1.82) is 0 Å². The molecular formula is C30H33FN8O3. The van der Waals surface area contributed by atoms with Crippen molar-refractivity contribution in [3.8, 4) is 0 Å². The van der Waals surface area contributed by atoms with Crippen molar-refractivity contribution in [3.05, 3.63) is 66.6 Å². The molecule has 11 nitrogen and oxygen atoms in total. The molecule has 0 spiro atoms. The normalized spacial score (nSPS) is 16.4. The van der Waals surface area contributed by atoms with Crippen LogP contribution in [0.1, 0.15) is 25.7 Å². The number of aromatic amines is 1. The average molecular weight is 573 g/mol. The van der Waals surface area contributed by atoms with Crippen LogP contribution < -0.4 is 25.8 Å². The molecule has 0 bridgehead atoms. The Kier molecular flexibility index (Phi) is 7.87. The second-order valence-electron chi connectivity index (χ2n) is 10.7. The van der Waals surface area contributed by atoms with Crippen LogP contribution in [0.25, 0.3) is 10.9 Å². The molecular weight excluding hydrogens is 539 g/mol. The number of hydrogen-bond acceptors (Lipinski definition) is 8. The summed E-state index contributed by atoms with van der Waals surface area (Å²) in [4.78, 5) is 34.0. The molecule has 1 atom stereocenters. The highest BCUT2D eigenvalue weighted by Gasteiger charge is 2.32. The zero-order valence-electron chi connectivity index (χ0n) is 23.3. The predicted molar refractivity (Wildman–Crippen MR) is 159 cm³/mol. The van der Waals surface area contributed by atoms with Gasteiger partial charge < -0.3 is 25.6 Å². The summed E-state index contributed by atoms with van der Waals surface area (Å²) in [6.07, 6.45) is 4.35. The van der Waals surface area contributed by atoms with Gasteiger partial charge in [0.15, 0.2) is 12.0 Å². The fourth-order valence-corrected chi connectivity index (χ4v) is 4.98. The van der Waals surface area contributed by atoms with Gasteiger partial charge >= 0.3 is 6.09 Å². The minimum atomic E-state index is -0.603. The van der Waals surface area contributed by atoms with Gasteiger partial charge in [0.1, 0.15) is 11.6 Å². The highest BCUT2D eigenvalue weighted by atomic mass is 19.1. The molecule has 0 unspecified atom stereocenters. The van der Waals surface area contributed by atoms with Crippen molar-refractivity contribution >= 4 is 51.6 Å². The molecule has 2 fully saturated rings. The van der Waals surface area contributed by atoms with Crippen molar-refractivity contribution in [3.63, 3.8) is 0 Å². The van der Waals surface area contributed by atoms with Crippen LogP contribution in [0, 0.1) is 11.7 Å². The third kappa shape index (κ3) is 6.44. The summed E-state index contributed by atoms with van der Waals surface area (Å²) in [5.41, 5.74) is 2.79. The summed E-state index contributed by atoms with van der Waals surface area (Å²) in [6, 6.07) is 15.1. The number of ether oxygens (including phenoxy) is 1. The molecule has 2 aromatic heterocycles. The van der Waals surface area contributed by atoms with Crippen LogP contribution >= 0.6 is 0 Å². The van der Waals surface area contributed by atoms with Gasteiger partial charge in [-0.2, -0.15) is 5.10 Å². The summed E-state index contributed by atoms with van der Waals surface area (Å²) in [5.74, 6) is 1.17. The van der Waals surface area contributed by atoms with E-state index in [4.69, 9.17) is 9.72 Å². The lowest BCUT2D eigenvalue weighted by Gasteiger charge is -2.29. The maximum absolute atomic E-state index is 13.4. The summed E-state index contributed by atoms with van der Waals surface area (Å²) in [6.45, 7) is 1.61. The van der Waals surface area contributed by atoms with Crippen molar-refractivity contribution in [2.45, 2.75) is 31.9 Å². The summed E-state index contributed by atoms with van der Waals surface area (Å²) in [5, 5.41) is 17.5. The third-order valence-electron chi connectivity index (χ3n) is 7.47. The summed E-state index contributed by atoms with van der Waals surface area (Å²) < 4.78 is 19.3. The van der Waals surface area contributed by atoms with Crippen LogP contribution in [-0.4, -0.2) is 60.1 Å². The van der Waals surface area contributed by atoms with Gasteiger partial charge in [-0.1, -0.05) is 0 Å². The largest absolute Gasteiger partial charge is 0.425 e. The van der Waals surface area contributed by atoms with Crippen LogP contribution in [0.3, 0.4) is 0 Å². The van der Waals surface area contributed by atoms with E-state index in [0.29, 0.717) is 41.9 Å². The van der Waals surface area contributed by atoms with Gasteiger partial charge in [0.05, 0.1) is 23.9 Å². The molecule has 0 radical (unpaired) electrons. The zero-order chi connectivity index (χ0) is 29.1. The molecule has 4 N–H and O–H groups in total. The van der Waals surface area contributed by atoms with Gasteiger partial charge in [-0.05, 0) is 86.3 Å². The highest BCUT2D eigenvalue weighted by molar-refractivity contribution is 5.95. The topological polar surface area (TPSA) is 128 Å². The van der Waals surface area contributed by atoms with Crippen LogP contribution in [0.5, 0.6) is 0 Å². The number of carbonyl (C=O) groups excluding carboxylic acids is 2. The summed E-state index contributed by atoms with van der Waals surface area (Å²) >= 11 is 0. The lowest BCUT2D eigenvalue weighted by molar-refractivity contribution is -0.115. The lowest BCUT2D eigenvalue weighted by atomic mass is 10.2. The molecule has 3 heterocycles. The minimum absolute atomic E-state index is 0.173. The van der Waals surface area contributed by atoms with E-state index < -0.39 is 12.3 Å². The number of H-pyrrole nitrogens is 1. The summed E-state index contributed by atoms with van der Waals surface area (Å²) in [7, 11) is 1.58. The van der Waals surface area contributed by atoms with Gasteiger partial charge in [0.2, 0.25) is 5.91 Å². The van der Waals surface area contributed by atoms with Gasteiger partial charge in [-0.3, -0.25) is 14.8 Å². The number of nitrogens with one attached hydrogen (secondary N) is 4. The van der Waals surface area contributed by atoms with Crippen molar-refractivity contribution in [2.24, 2.45) is 5.92 Å². The Balaban J connectivity index is 1.22. The third-order valence-corrected chi connectivity index (χ3v) is 7.47. The molecule has 1 aliphatic heterocycles. The Morgan fingerprint density at radius 3 is 2.76 bits per heavy atom. The molecule has 12 heteroatoms. The van der Waals surface area contributed by atoms with Crippen LogP contribution in [0.2, 0.25) is 0 Å². The first-order chi connectivity index (χ1) is 20.4. The zero-order valence-corrected chi connectivity index (χ0v) is 23.3. The second kappa shape index (κ2) is 12.0.